The van der Waals surface area contributed by atoms with Gasteiger partial charge in [-0.1, -0.05) is 31.1 Å². The highest BCUT2D eigenvalue weighted by atomic mass is 16.5. The first kappa shape index (κ1) is 19.0. The van der Waals surface area contributed by atoms with Crippen molar-refractivity contribution in [2.45, 2.75) is 85.7 Å². The highest BCUT2D eigenvalue weighted by Gasteiger charge is 2.58. The molecule has 2 fully saturated rings. The minimum absolute atomic E-state index is 0.0587. The van der Waals surface area contributed by atoms with Gasteiger partial charge in [0.25, 0.3) is 0 Å². The van der Waals surface area contributed by atoms with E-state index in [1.165, 1.54) is 18.9 Å². The van der Waals surface area contributed by atoms with Crippen LogP contribution in [0.15, 0.2) is 22.8 Å². The van der Waals surface area contributed by atoms with Crippen molar-refractivity contribution in [3.63, 3.8) is 0 Å². The summed E-state index contributed by atoms with van der Waals surface area (Å²) < 4.78 is 5.58. The van der Waals surface area contributed by atoms with E-state index in [0.29, 0.717) is 17.8 Å². The summed E-state index contributed by atoms with van der Waals surface area (Å²) in [5.74, 6) is 2.10. The molecule has 2 saturated carbocycles. The quantitative estimate of drug-likeness (QED) is 0.483. The first-order valence-corrected chi connectivity index (χ1v) is 10.7. The van der Waals surface area contributed by atoms with Gasteiger partial charge in [0.2, 0.25) is 0 Å². The molecule has 0 aromatic heterocycles. The third-order valence-electron chi connectivity index (χ3n) is 8.71. The van der Waals surface area contributed by atoms with Crippen LogP contribution in [0.5, 0.6) is 0 Å². The van der Waals surface area contributed by atoms with Crippen molar-refractivity contribution in [3.8, 4) is 0 Å². The Morgan fingerprint density at radius 2 is 1.74 bits per heavy atom. The van der Waals surface area contributed by atoms with Gasteiger partial charge in [-0.25, -0.2) is 0 Å². The zero-order chi connectivity index (χ0) is 19.6. The van der Waals surface area contributed by atoms with Gasteiger partial charge < -0.3 is 4.74 Å². The smallest absolute Gasteiger partial charge is 0.302 e. The minimum Gasteiger partial charge on any atom is -0.462 e. The summed E-state index contributed by atoms with van der Waals surface area (Å²) in [7, 11) is 0. The zero-order valence-electron chi connectivity index (χ0n) is 17.6. The Bertz CT molecular complexity index is 745. The maximum atomic E-state index is 12.2. The maximum absolute atomic E-state index is 12.2. The van der Waals surface area contributed by atoms with Gasteiger partial charge in [-0.05, 0) is 86.5 Å². The standard InChI is InChI=1S/C24H34O3/c1-14-12-18-20-7-6-19(15(2)25)23(20,4)11-9-21(18)24(5)10-8-17(13-22(14)24)27-16(3)26/h6,17-18,20-21H,7-13H2,1-5H3/t17-,18+,20+,21+,23+,24+/m0/s1. The lowest BCUT2D eigenvalue weighted by atomic mass is 9.46. The number of Topliss-reactive ketones (excluding diaryl/α,β-unsaturated/α-hetero) is 1. The molecule has 0 aromatic rings. The topological polar surface area (TPSA) is 43.4 Å². The summed E-state index contributed by atoms with van der Waals surface area (Å²) >= 11 is 0. The van der Waals surface area contributed by atoms with E-state index in [-0.39, 0.29) is 28.7 Å². The summed E-state index contributed by atoms with van der Waals surface area (Å²) in [6.07, 6.45) is 9.91. The van der Waals surface area contributed by atoms with Crippen molar-refractivity contribution in [1.29, 1.82) is 0 Å². The summed E-state index contributed by atoms with van der Waals surface area (Å²) in [6, 6.07) is 0. The first-order valence-electron chi connectivity index (χ1n) is 10.7. The third-order valence-corrected chi connectivity index (χ3v) is 8.71. The van der Waals surface area contributed by atoms with Crippen molar-refractivity contribution < 1.29 is 14.3 Å². The lowest BCUT2D eigenvalue weighted by Crippen LogP contribution is -2.51. The Morgan fingerprint density at radius 3 is 2.41 bits per heavy atom. The number of fused-ring (bicyclic) bond motifs is 5. The fourth-order valence-electron chi connectivity index (χ4n) is 7.53. The van der Waals surface area contributed by atoms with E-state index in [2.05, 4.69) is 26.8 Å². The number of hydrogen-bond acceptors (Lipinski definition) is 3. The van der Waals surface area contributed by atoms with Gasteiger partial charge in [-0.15, -0.1) is 0 Å². The molecule has 0 saturated heterocycles. The maximum Gasteiger partial charge on any atom is 0.302 e. The van der Waals surface area contributed by atoms with E-state index >= 15 is 0 Å². The Hall–Kier alpha value is -1.38. The van der Waals surface area contributed by atoms with Crippen molar-refractivity contribution >= 4 is 11.8 Å². The van der Waals surface area contributed by atoms with Crippen LogP contribution in [0.2, 0.25) is 0 Å². The number of allylic oxidation sites excluding steroid dienone is 3. The van der Waals surface area contributed by atoms with Crippen LogP contribution < -0.4 is 0 Å². The number of ketones is 1. The Labute approximate surface area is 163 Å². The normalized spacial score (nSPS) is 43.4. The molecule has 0 unspecified atom stereocenters. The molecule has 0 amide bonds. The molecule has 0 heterocycles. The van der Waals surface area contributed by atoms with Gasteiger partial charge in [0.15, 0.2) is 5.78 Å². The molecule has 0 aliphatic heterocycles. The summed E-state index contributed by atoms with van der Waals surface area (Å²) in [4.78, 5) is 23.7. The monoisotopic (exact) mass is 370 g/mol. The molecule has 4 rings (SSSR count). The van der Waals surface area contributed by atoms with Crippen LogP contribution in [-0.4, -0.2) is 17.9 Å². The molecule has 6 atom stereocenters. The fourth-order valence-corrected chi connectivity index (χ4v) is 7.53. The Morgan fingerprint density at radius 1 is 1.04 bits per heavy atom. The SMILES string of the molecule is CC(=O)O[C@H]1CC[C@@]2(C)C(=C(C)C[C@H]3[C@H]2CC[C@]2(C)C(C(C)=O)=CC[C@H]32)C1. The van der Waals surface area contributed by atoms with Crippen molar-refractivity contribution in [1.82, 2.24) is 0 Å². The van der Waals surface area contributed by atoms with Gasteiger partial charge in [-0.2, -0.15) is 0 Å². The number of ether oxygens (including phenoxy) is 1. The molecule has 27 heavy (non-hydrogen) atoms. The second-order valence-electron chi connectivity index (χ2n) is 10.1. The van der Waals surface area contributed by atoms with E-state index in [1.807, 2.05) is 0 Å². The molecule has 4 aliphatic carbocycles. The Balaban J connectivity index is 1.64. The third kappa shape index (κ3) is 2.76. The largest absolute Gasteiger partial charge is 0.462 e. The highest BCUT2D eigenvalue weighted by Crippen LogP contribution is 2.66. The average molecular weight is 371 g/mol. The van der Waals surface area contributed by atoms with Gasteiger partial charge in [0.1, 0.15) is 6.10 Å². The zero-order valence-corrected chi connectivity index (χ0v) is 17.6. The van der Waals surface area contributed by atoms with E-state index in [0.717, 1.165) is 44.1 Å². The molecule has 0 bridgehead atoms. The van der Waals surface area contributed by atoms with Gasteiger partial charge in [-0.3, -0.25) is 9.59 Å². The number of hydrogen-bond donors (Lipinski definition) is 0. The molecule has 148 valence electrons. The van der Waals surface area contributed by atoms with Crippen LogP contribution >= 0.6 is 0 Å². The van der Waals surface area contributed by atoms with Gasteiger partial charge >= 0.3 is 5.97 Å². The fraction of sp³-hybridized carbons (Fsp3) is 0.750. The van der Waals surface area contributed by atoms with Gasteiger partial charge in [0, 0.05) is 13.3 Å². The summed E-state index contributed by atoms with van der Waals surface area (Å²) in [6.45, 7) is 10.4. The molecule has 3 nitrogen and oxygen atoms in total. The average Bonchev–Trinajstić information content (AvgIpc) is 2.93. The molecule has 0 aromatic carbocycles. The molecule has 4 aliphatic rings. The van der Waals surface area contributed by atoms with E-state index in [1.54, 1.807) is 12.5 Å². The van der Waals surface area contributed by atoms with Crippen LogP contribution in [0, 0.1) is 28.6 Å². The number of carbonyl (C=O) groups excluding carboxylic acids is 2. The molecular weight excluding hydrogens is 336 g/mol. The van der Waals surface area contributed by atoms with E-state index in [4.69, 9.17) is 4.74 Å². The number of carbonyl (C=O) groups is 2. The summed E-state index contributed by atoms with van der Waals surface area (Å²) in [5.41, 5.74) is 4.51. The van der Waals surface area contributed by atoms with Crippen LogP contribution in [0.4, 0.5) is 0 Å². The highest BCUT2D eigenvalue weighted by molar-refractivity contribution is 5.95. The summed E-state index contributed by atoms with van der Waals surface area (Å²) in [5, 5.41) is 0. The number of esters is 1. The predicted octanol–water partition coefficient (Wildman–Crippen LogP) is 5.40. The number of rotatable bonds is 2. The van der Waals surface area contributed by atoms with Crippen molar-refractivity contribution in [2.75, 3.05) is 0 Å². The molecule has 0 spiro atoms. The molecule has 3 heteroatoms. The van der Waals surface area contributed by atoms with E-state index in [9.17, 15) is 9.59 Å². The van der Waals surface area contributed by atoms with Crippen LogP contribution in [0.3, 0.4) is 0 Å². The first-order chi connectivity index (χ1) is 12.7. The molecular formula is C24H34O3. The van der Waals surface area contributed by atoms with Gasteiger partial charge in [0.05, 0.1) is 0 Å². The van der Waals surface area contributed by atoms with Crippen molar-refractivity contribution in [2.24, 2.45) is 28.6 Å². The molecule has 0 N–H and O–H groups in total. The second-order valence-corrected chi connectivity index (χ2v) is 10.1. The lowest BCUT2D eigenvalue weighted by Gasteiger charge is -2.58. The van der Waals surface area contributed by atoms with Crippen LogP contribution in [0.25, 0.3) is 0 Å². The molecule has 0 radical (unpaired) electrons. The second kappa shape index (κ2) is 6.32. The minimum atomic E-state index is -0.155. The van der Waals surface area contributed by atoms with E-state index < -0.39 is 0 Å². The van der Waals surface area contributed by atoms with Crippen molar-refractivity contribution in [3.05, 3.63) is 22.8 Å². The lowest BCUT2D eigenvalue weighted by molar-refractivity contribution is -0.148. The van der Waals surface area contributed by atoms with Crippen LogP contribution in [0.1, 0.15) is 79.6 Å². The Kier molecular flexibility index (Phi) is 4.44. The predicted molar refractivity (Wildman–Crippen MR) is 106 cm³/mol. The van der Waals surface area contributed by atoms with Crippen LogP contribution in [-0.2, 0) is 14.3 Å².